The molecule has 1 aliphatic rings. The Labute approximate surface area is 192 Å². The number of nitrogens with one attached hydrogen (secondary N) is 2. The fraction of sp³-hybridized carbons (Fsp3) is 0.318. The summed E-state index contributed by atoms with van der Waals surface area (Å²) in [6.45, 7) is 2.30. The first-order chi connectivity index (χ1) is 15.8. The van der Waals surface area contributed by atoms with Crippen LogP contribution in [0.5, 0.6) is 11.5 Å². The zero-order valence-corrected chi connectivity index (χ0v) is 19.1. The molecule has 11 heteroatoms. The molecule has 0 saturated heterocycles. The topological polar surface area (TPSA) is 132 Å². The number of ether oxygens (including phenoxy) is 3. The average molecular weight is 476 g/mol. The van der Waals surface area contributed by atoms with E-state index in [1.54, 1.807) is 6.07 Å². The second-order valence-corrected chi connectivity index (χ2v) is 8.67. The van der Waals surface area contributed by atoms with E-state index < -0.39 is 28.5 Å². The van der Waals surface area contributed by atoms with E-state index in [1.165, 1.54) is 43.5 Å². The van der Waals surface area contributed by atoms with Crippen molar-refractivity contribution in [1.29, 1.82) is 0 Å². The summed E-state index contributed by atoms with van der Waals surface area (Å²) < 4.78 is 43.2. The summed E-state index contributed by atoms with van der Waals surface area (Å²) in [5, 5.41) is 2.52. The summed E-state index contributed by atoms with van der Waals surface area (Å²) in [6, 6.07) is 10.3. The molecule has 0 fully saturated rings. The molecular formula is C22H25N3O7S. The van der Waals surface area contributed by atoms with E-state index in [0.29, 0.717) is 36.9 Å². The van der Waals surface area contributed by atoms with Crippen LogP contribution in [0.1, 0.15) is 30.1 Å². The Hall–Kier alpha value is -3.60. The second-order valence-electron chi connectivity index (χ2n) is 6.99. The van der Waals surface area contributed by atoms with Crippen molar-refractivity contribution in [2.24, 2.45) is 4.99 Å². The molecule has 10 nitrogen and oxygen atoms in total. The van der Waals surface area contributed by atoms with E-state index in [4.69, 9.17) is 14.2 Å². The van der Waals surface area contributed by atoms with Gasteiger partial charge in [0.1, 0.15) is 5.84 Å². The minimum absolute atomic E-state index is 0.0200. The van der Waals surface area contributed by atoms with Gasteiger partial charge >= 0.3 is 5.97 Å². The number of amidine groups is 1. The zero-order chi connectivity index (χ0) is 23.8. The van der Waals surface area contributed by atoms with Gasteiger partial charge in [-0.25, -0.2) is 13.2 Å². The van der Waals surface area contributed by atoms with Crippen LogP contribution in [0.25, 0.3) is 0 Å². The van der Waals surface area contributed by atoms with Gasteiger partial charge in [-0.2, -0.15) is 0 Å². The van der Waals surface area contributed by atoms with Crippen molar-refractivity contribution >= 4 is 33.4 Å². The van der Waals surface area contributed by atoms with Crippen LogP contribution < -0.4 is 19.5 Å². The molecule has 176 valence electrons. The Bertz CT molecular complexity index is 1160. The maximum Gasteiger partial charge on any atom is 0.338 e. The van der Waals surface area contributed by atoms with Crippen molar-refractivity contribution in [2.75, 3.05) is 32.2 Å². The van der Waals surface area contributed by atoms with Crippen molar-refractivity contribution in [3.63, 3.8) is 0 Å². The van der Waals surface area contributed by atoms with Crippen molar-refractivity contribution in [1.82, 2.24) is 4.72 Å². The highest BCUT2D eigenvalue weighted by Gasteiger charge is 2.19. The molecule has 0 atom stereocenters. The molecule has 1 heterocycles. The Balaban J connectivity index is 1.59. The highest BCUT2D eigenvalue weighted by atomic mass is 32.2. The number of hydrogen-bond acceptors (Lipinski definition) is 8. The average Bonchev–Trinajstić information content (AvgIpc) is 3.30. The zero-order valence-electron chi connectivity index (χ0n) is 18.3. The number of rotatable bonds is 9. The summed E-state index contributed by atoms with van der Waals surface area (Å²) in [4.78, 5) is 28.6. The molecule has 3 rings (SSSR count). The number of carbonyl (C=O) groups excluding carboxylic acids is 2. The Morgan fingerprint density at radius 3 is 2.64 bits per heavy atom. The third kappa shape index (κ3) is 6.45. The van der Waals surface area contributed by atoms with Gasteiger partial charge in [0.25, 0.3) is 15.9 Å². The van der Waals surface area contributed by atoms with E-state index in [2.05, 4.69) is 15.0 Å². The summed E-state index contributed by atoms with van der Waals surface area (Å²) in [5.74, 6) is -0.0693. The van der Waals surface area contributed by atoms with Crippen molar-refractivity contribution in [3.8, 4) is 11.5 Å². The van der Waals surface area contributed by atoms with Gasteiger partial charge in [0, 0.05) is 18.7 Å². The van der Waals surface area contributed by atoms with Crippen molar-refractivity contribution < 1.29 is 32.2 Å². The lowest BCUT2D eigenvalue weighted by Gasteiger charge is -2.11. The molecule has 2 aromatic carbocycles. The summed E-state index contributed by atoms with van der Waals surface area (Å²) in [6.07, 6.45) is 1.37. The van der Waals surface area contributed by atoms with Gasteiger partial charge in [-0.05, 0) is 49.7 Å². The quantitative estimate of drug-likeness (QED) is 0.532. The fourth-order valence-electron chi connectivity index (χ4n) is 3.06. The molecule has 1 amide bonds. The van der Waals surface area contributed by atoms with Gasteiger partial charge in [-0.1, -0.05) is 6.07 Å². The number of sulfonamides is 1. The van der Waals surface area contributed by atoms with Crippen LogP contribution in [0.15, 0.2) is 52.4 Å². The van der Waals surface area contributed by atoms with Crippen LogP contribution in [0.3, 0.4) is 0 Å². The molecular weight excluding hydrogens is 450 g/mol. The van der Waals surface area contributed by atoms with Gasteiger partial charge in [0.15, 0.2) is 18.1 Å². The van der Waals surface area contributed by atoms with Gasteiger partial charge in [0.2, 0.25) is 0 Å². The molecule has 2 aromatic rings. The number of aliphatic imine (C=N–C) groups is 1. The predicted octanol–water partition coefficient (Wildman–Crippen LogP) is 2.36. The largest absolute Gasteiger partial charge is 0.493 e. The molecule has 0 spiro atoms. The number of anilines is 1. The van der Waals surface area contributed by atoms with Crippen molar-refractivity contribution in [3.05, 3.63) is 48.0 Å². The minimum Gasteiger partial charge on any atom is -0.493 e. The molecule has 2 N–H and O–H groups in total. The van der Waals surface area contributed by atoms with Gasteiger partial charge in [0.05, 0.1) is 24.2 Å². The Kier molecular flexibility index (Phi) is 7.88. The summed E-state index contributed by atoms with van der Waals surface area (Å²) in [5.41, 5.74) is 0.437. The lowest BCUT2D eigenvalue weighted by molar-refractivity contribution is -0.119. The Morgan fingerprint density at radius 1 is 1.12 bits per heavy atom. The maximum atomic E-state index is 12.5. The highest BCUT2D eigenvalue weighted by molar-refractivity contribution is 7.90. The minimum atomic E-state index is -3.82. The molecule has 1 aliphatic heterocycles. The number of hydrogen-bond donors (Lipinski definition) is 2. The van der Waals surface area contributed by atoms with E-state index in [-0.39, 0.29) is 16.1 Å². The first-order valence-electron chi connectivity index (χ1n) is 10.3. The van der Waals surface area contributed by atoms with E-state index in [0.717, 1.165) is 6.42 Å². The van der Waals surface area contributed by atoms with Gasteiger partial charge < -0.3 is 19.5 Å². The third-order valence-corrected chi connectivity index (χ3v) is 5.97. The predicted molar refractivity (Wildman–Crippen MR) is 121 cm³/mol. The maximum absolute atomic E-state index is 12.5. The smallest absolute Gasteiger partial charge is 0.338 e. The van der Waals surface area contributed by atoms with Crippen LogP contribution in [-0.4, -0.2) is 53.0 Å². The summed E-state index contributed by atoms with van der Waals surface area (Å²) >= 11 is 0. The van der Waals surface area contributed by atoms with Gasteiger partial charge in [-0.3, -0.25) is 14.5 Å². The number of nitrogens with zero attached hydrogens (tertiary/aromatic N) is 1. The molecule has 0 unspecified atom stereocenters. The first-order valence-corrected chi connectivity index (χ1v) is 11.7. The fourth-order valence-corrected chi connectivity index (χ4v) is 4.19. The number of methoxy groups -OCH3 is 1. The van der Waals surface area contributed by atoms with Crippen LogP contribution in [0.2, 0.25) is 0 Å². The van der Waals surface area contributed by atoms with E-state index in [1.807, 2.05) is 6.92 Å². The van der Waals surface area contributed by atoms with Crippen molar-refractivity contribution in [2.45, 2.75) is 24.7 Å². The number of benzene rings is 2. The normalized spacial score (nSPS) is 13.1. The van der Waals surface area contributed by atoms with Gasteiger partial charge in [-0.15, -0.1) is 0 Å². The summed E-state index contributed by atoms with van der Waals surface area (Å²) in [7, 11) is -2.37. The monoisotopic (exact) mass is 475 g/mol. The SMILES string of the molecule is CCOc1ccc(C(=O)OCC(=O)Nc2cccc(S(=O)(=O)NC3=NCCC3)c2)cc1OC. The third-order valence-electron chi connectivity index (χ3n) is 4.59. The standard InChI is InChI=1S/C22H25N3O7S/c1-3-31-18-10-9-15(12-19(18)30-2)22(27)32-14-21(26)24-16-6-4-7-17(13-16)33(28,29)25-20-8-5-11-23-20/h4,6-7,9-10,12-13H,3,5,8,11,14H2,1-2H3,(H,23,25)(H,24,26). The molecule has 0 saturated carbocycles. The van der Waals surface area contributed by atoms with Crippen LogP contribution in [-0.2, 0) is 19.6 Å². The molecule has 0 bridgehead atoms. The van der Waals surface area contributed by atoms with Crippen LogP contribution in [0, 0.1) is 0 Å². The number of amides is 1. The van der Waals surface area contributed by atoms with Crippen LogP contribution in [0.4, 0.5) is 5.69 Å². The molecule has 33 heavy (non-hydrogen) atoms. The second kappa shape index (κ2) is 10.8. The highest BCUT2D eigenvalue weighted by Crippen LogP contribution is 2.28. The van der Waals surface area contributed by atoms with Crippen LogP contribution >= 0.6 is 0 Å². The number of esters is 1. The molecule has 0 aliphatic carbocycles. The molecule has 0 aromatic heterocycles. The lowest BCUT2D eigenvalue weighted by atomic mass is 10.2. The first kappa shape index (κ1) is 24.1. The number of carbonyl (C=O) groups is 2. The Morgan fingerprint density at radius 2 is 1.94 bits per heavy atom. The lowest BCUT2D eigenvalue weighted by Crippen LogP contribution is -2.29. The van der Waals surface area contributed by atoms with E-state index >= 15 is 0 Å². The molecule has 0 radical (unpaired) electrons. The van der Waals surface area contributed by atoms with E-state index in [9.17, 15) is 18.0 Å².